The molecule has 0 amide bonds. The van der Waals surface area contributed by atoms with Crippen molar-refractivity contribution in [2.75, 3.05) is 0 Å². The average Bonchev–Trinajstić information content (AvgIpc) is 2.45. The van der Waals surface area contributed by atoms with Gasteiger partial charge in [-0.05, 0) is 17.7 Å². The van der Waals surface area contributed by atoms with Gasteiger partial charge in [0.1, 0.15) is 23.7 Å². The van der Waals surface area contributed by atoms with Crippen molar-refractivity contribution in [3.8, 4) is 11.5 Å². The number of benzene rings is 2. The predicted octanol–water partition coefficient (Wildman–Crippen LogP) is 2.55. The van der Waals surface area contributed by atoms with Crippen molar-refractivity contribution in [2.24, 2.45) is 0 Å². The van der Waals surface area contributed by atoms with Crippen LogP contribution in [0.3, 0.4) is 0 Å². The number of Topliss-reactive ketones (excluding diaryl/α,β-unsaturated/α-hetero) is 1. The second-order valence-electron chi connectivity index (χ2n) is 4.60. The van der Waals surface area contributed by atoms with Gasteiger partial charge in [0.2, 0.25) is 6.29 Å². The van der Waals surface area contributed by atoms with E-state index in [0.717, 1.165) is 5.56 Å². The molecule has 1 aliphatic heterocycles. The van der Waals surface area contributed by atoms with Gasteiger partial charge in [-0.1, -0.05) is 36.4 Å². The van der Waals surface area contributed by atoms with E-state index < -0.39 is 6.29 Å². The van der Waals surface area contributed by atoms with Crippen LogP contribution in [0.1, 0.15) is 22.3 Å². The highest BCUT2D eigenvalue weighted by molar-refractivity contribution is 6.02. The maximum Gasteiger partial charge on any atom is 0.204 e. The lowest BCUT2D eigenvalue weighted by molar-refractivity contribution is -0.0249. The molecule has 0 bridgehead atoms. The number of carbonyl (C=O) groups is 1. The third-order valence-electron chi connectivity index (χ3n) is 3.13. The number of ketones is 1. The first kappa shape index (κ1) is 12.7. The Balaban J connectivity index is 1.84. The van der Waals surface area contributed by atoms with Crippen molar-refractivity contribution in [1.82, 2.24) is 0 Å². The Bertz CT molecular complexity index is 622. The van der Waals surface area contributed by atoms with Gasteiger partial charge in [0.05, 0.1) is 6.42 Å². The number of carbonyl (C=O) groups excluding carboxylic acids is 1. The molecule has 20 heavy (non-hydrogen) atoms. The number of fused-ring (bicyclic) bond motifs is 1. The Morgan fingerprint density at radius 2 is 1.95 bits per heavy atom. The predicted molar refractivity (Wildman–Crippen MR) is 72.8 cm³/mol. The summed E-state index contributed by atoms with van der Waals surface area (Å²) < 4.78 is 11.0. The minimum absolute atomic E-state index is 0.0429. The van der Waals surface area contributed by atoms with Crippen LogP contribution >= 0.6 is 0 Å². The number of rotatable bonds is 3. The summed E-state index contributed by atoms with van der Waals surface area (Å²) in [6.45, 7) is 0.382. The van der Waals surface area contributed by atoms with Crippen LogP contribution in [0, 0.1) is 0 Å². The maximum absolute atomic E-state index is 12.0. The van der Waals surface area contributed by atoms with E-state index in [2.05, 4.69) is 0 Å². The van der Waals surface area contributed by atoms with Gasteiger partial charge < -0.3 is 14.6 Å². The zero-order valence-electron chi connectivity index (χ0n) is 10.8. The van der Waals surface area contributed by atoms with Crippen LogP contribution in [0.4, 0.5) is 0 Å². The van der Waals surface area contributed by atoms with Crippen LogP contribution in [0.5, 0.6) is 11.5 Å². The molecule has 0 saturated carbocycles. The number of ether oxygens (including phenoxy) is 2. The van der Waals surface area contributed by atoms with Crippen molar-refractivity contribution in [2.45, 2.75) is 19.3 Å². The first-order valence-electron chi connectivity index (χ1n) is 6.42. The number of hydrogen-bond acceptors (Lipinski definition) is 4. The minimum Gasteiger partial charge on any atom is -0.488 e. The van der Waals surface area contributed by atoms with Gasteiger partial charge in [-0.25, -0.2) is 0 Å². The lowest BCUT2D eigenvalue weighted by Gasteiger charge is -2.23. The topological polar surface area (TPSA) is 55.8 Å². The normalized spacial score (nSPS) is 17.2. The molecule has 4 nitrogen and oxygen atoms in total. The monoisotopic (exact) mass is 270 g/mol. The molecule has 1 heterocycles. The lowest BCUT2D eigenvalue weighted by Crippen LogP contribution is -2.26. The van der Waals surface area contributed by atoms with Gasteiger partial charge in [0.25, 0.3) is 0 Å². The molecule has 4 heteroatoms. The third kappa shape index (κ3) is 2.51. The van der Waals surface area contributed by atoms with Crippen LogP contribution in [0.2, 0.25) is 0 Å². The first-order chi connectivity index (χ1) is 9.74. The van der Waals surface area contributed by atoms with E-state index in [1.807, 2.05) is 30.3 Å². The summed E-state index contributed by atoms with van der Waals surface area (Å²) in [5.41, 5.74) is 1.43. The zero-order valence-corrected chi connectivity index (χ0v) is 10.8. The fourth-order valence-electron chi connectivity index (χ4n) is 2.19. The van der Waals surface area contributed by atoms with Crippen LogP contribution in [0.25, 0.3) is 0 Å². The molecular formula is C16H14O4. The molecule has 1 unspecified atom stereocenters. The van der Waals surface area contributed by atoms with Crippen LogP contribution in [-0.4, -0.2) is 17.2 Å². The standard InChI is InChI=1S/C16H14O4/c17-12-9-15(18)20-14-8-4-7-13(16(12)14)19-10-11-5-2-1-3-6-11/h1-8,15,18H,9-10H2. The third-order valence-corrected chi connectivity index (χ3v) is 3.13. The minimum atomic E-state index is -1.07. The Morgan fingerprint density at radius 1 is 1.15 bits per heavy atom. The first-order valence-corrected chi connectivity index (χ1v) is 6.42. The zero-order chi connectivity index (χ0) is 13.9. The molecule has 2 aromatic rings. The van der Waals surface area contributed by atoms with Gasteiger partial charge in [-0.3, -0.25) is 4.79 Å². The fraction of sp³-hybridized carbons (Fsp3) is 0.188. The number of hydrogen-bond donors (Lipinski definition) is 1. The number of aliphatic hydroxyl groups is 1. The molecule has 0 saturated heterocycles. The van der Waals surface area contributed by atoms with E-state index >= 15 is 0 Å². The average molecular weight is 270 g/mol. The SMILES string of the molecule is O=C1CC(O)Oc2cccc(OCc3ccccc3)c21. The quantitative estimate of drug-likeness (QED) is 0.931. The largest absolute Gasteiger partial charge is 0.488 e. The molecule has 3 rings (SSSR count). The second-order valence-corrected chi connectivity index (χ2v) is 4.60. The van der Waals surface area contributed by atoms with E-state index in [4.69, 9.17) is 9.47 Å². The molecule has 0 aromatic heterocycles. The Hall–Kier alpha value is -2.33. The van der Waals surface area contributed by atoms with E-state index in [1.54, 1.807) is 18.2 Å². The number of aliphatic hydroxyl groups excluding tert-OH is 1. The van der Waals surface area contributed by atoms with Crippen LogP contribution < -0.4 is 9.47 Å². The van der Waals surface area contributed by atoms with E-state index in [1.165, 1.54) is 0 Å². The highest BCUT2D eigenvalue weighted by Gasteiger charge is 2.28. The van der Waals surface area contributed by atoms with Gasteiger partial charge in [0, 0.05) is 0 Å². The molecule has 1 atom stereocenters. The van der Waals surface area contributed by atoms with Crippen LogP contribution in [0.15, 0.2) is 48.5 Å². The van der Waals surface area contributed by atoms with Crippen molar-refractivity contribution < 1.29 is 19.4 Å². The lowest BCUT2D eigenvalue weighted by atomic mass is 10.0. The van der Waals surface area contributed by atoms with E-state index in [9.17, 15) is 9.90 Å². The van der Waals surface area contributed by atoms with Crippen molar-refractivity contribution in [1.29, 1.82) is 0 Å². The van der Waals surface area contributed by atoms with E-state index in [0.29, 0.717) is 23.7 Å². The summed E-state index contributed by atoms with van der Waals surface area (Å²) in [6.07, 6.45) is -1.11. The molecule has 1 aliphatic rings. The Labute approximate surface area is 116 Å². The summed E-state index contributed by atoms with van der Waals surface area (Å²) >= 11 is 0. The van der Waals surface area contributed by atoms with Crippen molar-refractivity contribution in [3.05, 3.63) is 59.7 Å². The molecular weight excluding hydrogens is 256 g/mol. The Kier molecular flexibility index (Phi) is 3.39. The maximum atomic E-state index is 12.0. The van der Waals surface area contributed by atoms with Crippen LogP contribution in [-0.2, 0) is 6.61 Å². The molecule has 102 valence electrons. The smallest absolute Gasteiger partial charge is 0.204 e. The van der Waals surface area contributed by atoms with Crippen molar-refractivity contribution >= 4 is 5.78 Å². The van der Waals surface area contributed by atoms with Gasteiger partial charge in [-0.15, -0.1) is 0 Å². The second kappa shape index (κ2) is 5.35. The van der Waals surface area contributed by atoms with Gasteiger partial charge in [0.15, 0.2) is 5.78 Å². The van der Waals surface area contributed by atoms with E-state index in [-0.39, 0.29) is 12.2 Å². The fourth-order valence-corrected chi connectivity index (χ4v) is 2.19. The summed E-state index contributed by atoms with van der Waals surface area (Å²) in [7, 11) is 0. The summed E-state index contributed by atoms with van der Waals surface area (Å²) in [6, 6.07) is 14.9. The molecule has 0 fully saturated rings. The highest BCUT2D eigenvalue weighted by atomic mass is 16.6. The van der Waals surface area contributed by atoms with Crippen molar-refractivity contribution in [3.63, 3.8) is 0 Å². The summed E-state index contributed by atoms with van der Waals surface area (Å²) in [5.74, 6) is 0.699. The Morgan fingerprint density at radius 3 is 2.75 bits per heavy atom. The molecule has 0 spiro atoms. The van der Waals surface area contributed by atoms with Gasteiger partial charge >= 0.3 is 0 Å². The highest BCUT2D eigenvalue weighted by Crippen LogP contribution is 2.34. The molecule has 0 radical (unpaired) electrons. The summed E-state index contributed by atoms with van der Waals surface area (Å²) in [5, 5.41) is 9.44. The molecule has 1 N–H and O–H groups in total. The van der Waals surface area contributed by atoms with Gasteiger partial charge in [-0.2, -0.15) is 0 Å². The molecule has 2 aromatic carbocycles. The molecule has 0 aliphatic carbocycles. The summed E-state index contributed by atoms with van der Waals surface area (Å²) in [4.78, 5) is 12.0.